The first-order valence-corrected chi connectivity index (χ1v) is 8.03. The number of fused-ring (bicyclic) bond motifs is 2. The molecule has 0 fully saturated rings. The average molecular weight is 325 g/mol. The lowest BCUT2D eigenvalue weighted by Crippen LogP contribution is -1.88. The molecule has 0 unspecified atom stereocenters. The van der Waals surface area contributed by atoms with Crippen LogP contribution in [-0.4, -0.2) is 17.1 Å². The third kappa shape index (κ3) is 2.51. The smallest absolute Gasteiger partial charge is 0.302 e. The van der Waals surface area contributed by atoms with E-state index in [1.807, 2.05) is 30.3 Å². The Labute approximate surface area is 136 Å². The Morgan fingerprint density at radius 3 is 2.70 bits per heavy atom. The Hall–Kier alpha value is -2.60. The van der Waals surface area contributed by atoms with E-state index >= 15 is 0 Å². The van der Waals surface area contributed by atoms with Gasteiger partial charge in [-0.1, -0.05) is 11.3 Å². The molecule has 0 aliphatic carbocycles. The molecule has 23 heavy (non-hydrogen) atoms. The van der Waals surface area contributed by atoms with Crippen molar-refractivity contribution in [3.63, 3.8) is 0 Å². The summed E-state index contributed by atoms with van der Waals surface area (Å²) in [5, 5.41) is 3.89. The Morgan fingerprint density at radius 1 is 1.04 bits per heavy atom. The second-order valence-corrected chi connectivity index (χ2v) is 6.43. The van der Waals surface area contributed by atoms with Gasteiger partial charge in [-0.15, -0.1) is 0 Å². The highest BCUT2D eigenvalue weighted by Crippen LogP contribution is 2.31. The first kappa shape index (κ1) is 14.0. The Balaban J connectivity index is 1.69. The van der Waals surface area contributed by atoms with Crippen LogP contribution in [0.3, 0.4) is 0 Å². The van der Waals surface area contributed by atoms with Crippen LogP contribution < -0.4 is 10.1 Å². The molecule has 2 aromatic heterocycles. The molecular weight excluding hydrogens is 310 g/mol. The van der Waals surface area contributed by atoms with Crippen LogP contribution in [0.2, 0.25) is 0 Å². The number of anilines is 2. The number of rotatable bonds is 3. The highest BCUT2D eigenvalue weighted by Gasteiger charge is 2.11. The fraction of sp³-hybridized carbons (Fsp3) is 0.176. The van der Waals surface area contributed by atoms with Crippen LogP contribution in [0.4, 0.5) is 11.1 Å². The van der Waals surface area contributed by atoms with E-state index in [0.717, 1.165) is 32.2 Å². The quantitative estimate of drug-likeness (QED) is 0.586. The third-order valence-corrected chi connectivity index (χ3v) is 4.75. The molecular formula is C17H15N3O2S. The molecule has 2 aromatic carbocycles. The molecule has 6 heteroatoms. The summed E-state index contributed by atoms with van der Waals surface area (Å²) in [6.45, 7) is 4.13. The zero-order chi connectivity index (χ0) is 16.0. The number of nitrogens with one attached hydrogen (secondary N) is 1. The number of aryl methyl sites for hydroxylation is 2. The van der Waals surface area contributed by atoms with Gasteiger partial charge in [0.25, 0.3) is 0 Å². The van der Waals surface area contributed by atoms with Crippen molar-refractivity contribution in [2.45, 2.75) is 13.8 Å². The van der Waals surface area contributed by atoms with Crippen LogP contribution in [0.25, 0.3) is 21.3 Å². The summed E-state index contributed by atoms with van der Waals surface area (Å²) < 4.78 is 12.1. The van der Waals surface area contributed by atoms with Gasteiger partial charge in [-0.05, 0) is 55.3 Å². The summed E-state index contributed by atoms with van der Waals surface area (Å²) in [6.07, 6.45) is 0. The molecule has 0 atom stereocenters. The van der Waals surface area contributed by atoms with Gasteiger partial charge < -0.3 is 9.15 Å². The molecule has 0 bridgehead atoms. The topological polar surface area (TPSA) is 60.2 Å². The second-order valence-electron chi connectivity index (χ2n) is 5.40. The van der Waals surface area contributed by atoms with Crippen molar-refractivity contribution in [3.05, 3.63) is 41.5 Å². The standard InChI is InChI=1S/C17H15N3O2S/c1-9-6-13-14(7-10(9)2)22-16(18-13)20-17-19-12-5-4-11(21-3)8-15(12)23-17/h4-8H,1-3H3,(H,18,19,20). The van der Waals surface area contributed by atoms with Gasteiger partial charge in [0.05, 0.1) is 17.3 Å². The number of thiazole rings is 1. The molecule has 0 aliphatic rings. The van der Waals surface area contributed by atoms with Gasteiger partial charge >= 0.3 is 6.01 Å². The highest BCUT2D eigenvalue weighted by molar-refractivity contribution is 7.22. The Bertz CT molecular complexity index is 980. The van der Waals surface area contributed by atoms with Crippen molar-refractivity contribution in [1.82, 2.24) is 9.97 Å². The number of aromatic nitrogens is 2. The van der Waals surface area contributed by atoms with Crippen LogP contribution in [0.1, 0.15) is 11.1 Å². The van der Waals surface area contributed by atoms with Crippen molar-refractivity contribution in [3.8, 4) is 5.75 Å². The van der Waals surface area contributed by atoms with Gasteiger partial charge in [0.15, 0.2) is 10.7 Å². The normalized spacial score (nSPS) is 11.3. The summed E-state index contributed by atoms with van der Waals surface area (Å²) in [5.74, 6) is 0.820. The summed E-state index contributed by atoms with van der Waals surface area (Å²) in [5.41, 5.74) is 4.93. The molecule has 0 saturated carbocycles. The predicted octanol–water partition coefficient (Wildman–Crippen LogP) is 4.81. The number of oxazole rings is 1. The minimum absolute atomic E-state index is 0.455. The maximum atomic E-state index is 5.77. The van der Waals surface area contributed by atoms with E-state index in [4.69, 9.17) is 9.15 Å². The van der Waals surface area contributed by atoms with Crippen LogP contribution >= 0.6 is 11.3 Å². The lowest BCUT2D eigenvalue weighted by atomic mass is 10.1. The molecule has 1 N–H and O–H groups in total. The van der Waals surface area contributed by atoms with E-state index in [-0.39, 0.29) is 0 Å². The molecule has 0 spiro atoms. The van der Waals surface area contributed by atoms with E-state index in [9.17, 15) is 0 Å². The minimum atomic E-state index is 0.455. The van der Waals surface area contributed by atoms with E-state index in [2.05, 4.69) is 29.1 Å². The number of hydrogen-bond donors (Lipinski definition) is 1. The summed E-state index contributed by atoms with van der Waals surface area (Å²) in [6, 6.07) is 10.3. The number of ether oxygens (including phenoxy) is 1. The van der Waals surface area contributed by atoms with Crippen LogP contribution in [0, 0.1) is 13.8 Å². The van der Waals surface area contributed by atoms with E-state index in [0.29, 0.717) is 6.01 Å². The number of methoxy groups -OCH3 is 1. The SMILES string of the molecule is COc1ccc2nc(Nc3nc4cc(C)c(C)cc4o3)sc2c1. The van der Waals surface area contributed by atoms with E-state index in [1.165, 1.54) is 22.5 Å². The molecule has 0 amide bonds. The Kier molecular flexibility index (Phi) is 3.20. The maximum absolute atomic E-state index is 5.77. The molecule has 2 heterocycles. The summed E-state index contributed by atoms with van der Waals surface area (Å²) in [7, 11) is 1.66. The fourth-order valence-electron chi connectivity index (χ4n) is 2.41. The van der Waals surface area contributed by atoms with Crippen LogP contribution in [0.15, 0.2) is 34.7 Å². The van der Waals surface area contributed by atoms with Gasteiger partial charge in [0.1, 0.15) is 11.3 Å². The van der Waals surface area contributed by atoms with E-state index < -0.39 is 0 Å². The molecule has 4 rings (SSSR count). The molecule has 0 aliphatic heterocycles. The van der Waals surface area contributed by atoms with E-state index in [1.54, 1.807) is 7.11 Å². The second kappa shape index (κ2) is 5.24. The van der Waals surface area contributed by atoms with Crippen molar-refractivity contribution >= 4 is 43.8 Å². The molecule has 5 nitrogen and oxygen atoms in total. The molecule has 4 aromatic rings. The summed E-state index contributed by atoms with van der Waals surface area (Å²) >= 11 is 1.54. The highest BCUT2D eigenvalue weighted by atomic mass is 32.1. The van der Waals surface area contributed by atoms with Gasteiger partial charge in [-0.3, -0.25) is 5.32 Å². The molecule has 0 radical (unpaired) electrons. The van der Waals surface area contributed by atoms with Crippen LogP contribution in [0.5, 0.6) is 5.75 Å². The van der Waals surface area contributed by atoms with Crippen LogP contribution in [-0.2, 0) is 0 Å². The lowest BCUT2D eigenvalue weighted by molar-refractivity contribution is 0.415. The van der Waals surface area contributed by atoms with Gasteiger partial charge in [-0.2, -0.15) is 4.98 Å². The van der Waals surface area contributed by atoms with Gasteiger partial charge in [-0.25, -0.2) is 4.98 Å². The lowest BCUT2D eigenvalue weighted by Gasteiger charge is -1.96. The number of nitrogens with zero attached hydrogens (tertiary/aromatic N) is 2. The third-order valence-electron chi connectivity index (χ3n) is 3.81. The largest absolute Gasteiger partial charge is 0.497 e. The van der Waals surface area contributed by atoms with Crippen molar-refractivity contribution < 1.29 is 9.15 Å². The van der Waals surface area contributed by atoms with Crippen molar-refractivity contribution in [2.24, 2.45) is 0 Å². The summed E-state index contributed by atoms with van der Waals surface area (Å²) in [4.78, 5) is 9.02. The van der Waals surface area contributed by atoms with Crippen molar-refractivity contribution in [1.29, 1.82) is 0 Å². The van der Waals surface area contributed by atoms with Crippen molar-refractivity contribution in [2.75, 3.05) is 12.4 Å². The number of benzene rings is 2. The molecule has 116 valence electrons. The van der Waals surface area contributed by atoms with Gasteiger partial charge in [0.2, 0.25) is 0 Å². The monoisotopic (exact) mass is 325 g/mol. The average Bonchev–Trinajstić information content (AvgIpc) is 3.09. The predicted molar refractivity (Wildman–Crippen MR) is 92.9 cm³/mol. The first-order chi connectivity index (χ1) is 11.1. The zero-order valence-corrected chi connectivity index (χ0v) is 13.8. The van der Waals surface area contributed by atoms with Gasteiger partial charge in [0, 0.05) is 0 Å². The molecule has 0 saturated heterocycles. The first-order valence-electron chi connectivity index (χ1n) is 7.22. The number of hydrogen-bond acceptors (Lipinski definition) is 6. The minimum Gasteiger partial charge on any atom is -0.497 e. The Morgan fingerprint density at radius 2 is 1.87 bits per heavy atom. The fourth-order valence-corrected chi connectivity index (χ4v) is 3.29. The zero-order valence-electron chi connectivity index (χ0n) is 13.0. The maximum Gasteiger partial charge on any atom is 0.302 e.